The fourth-order valence-electron chi connectivity index (χ4n) is 0.604. The highest BCUT2D eigenvalue weighted by molar-refractivity contribution is 5.72. The van der Waals surface area contributed by atoms with E-state index < -0.39 is 12.1 Å². The first-order valence-electron chi connectivity index (χ1n) is 2.98. The van der Waals surface area contributed by atoms with Crippen LogP contribution in [0.1, 0.15) is 19.8 Å². The van der Waals surface area contributed by atoms with Crippen molar-refractivity contribution in [2.45, 2.75) is 25.9 Å². The van der Waals surface area contributed by atoms with Crippen LogP contribution in [-0.4, -0.2) is 24.3 Å². The van der Waals surface area contributed by atoms with Crippen LogP contribution in [0.2, 0.25) is 0 Å². The van der Waals surface area contributed by atoms with E-state index in [0.717, 1.165) is 6.42 Å². The van der Waals surface area contributed by atoms with E-state index in [1.165, 1.54) is 7.11 Å². The zero-order chi connectivity index (χ0) is 7.28. The smallest absolute Gasteiger partial charge is 0.332 e. The van der Waals surface area contributed by atoms with Crippen LogP contribution in [0.25, 0.3) is 0 Å². The molecule has 0 aliphatic carbocycles. The second-order valence-electron chi connectivity index (χ2n) is 1.85. The van der Waals surface area contributed by atoms with Crippen LogP contribution < -0.4 is 0 Å². The summed E-state index contributed by atoms with van der Waals surface area (Å²) in [5.74, 6) is -0.876. The SMILES string of the molecule is CCC[C@@H](OC)C(=O)O. The molecule has 0 bridgehead atoms. The first kappa shape index (κ1) is 8.43. The molecule has 0 aliphatic heterocycles. The quantitative estimate of drug-likeness (QED) is 0.617. The minimum atomic E-state index is -0.876. The Morgan fingerprint density at radius 3 is 2.44 bits per heavy atom. The monoisotopic (exact) mass is 132 g/mol. The molecule has 0 rings (SSSR count). The average Bonchev–Trinajstić information content (AvgIpc) is 1.82. The van der Waals surface area contributed by atoms with Crippen molar-refractivity contribution in [2.24, 2.45) is 0 Å². The van der Waals surface area contributed by atoms with E-state index in [9.17, 15) is 4.79 Å². The van der Waals surface area contributed by atoms with E-state index >= 15 is 0 Å². The molecule has 0 spiro atoms. The Hall–Kier alpha value is -0.570. The van der Waals surface area contributed by atoms with Crippen molar-refractivity contribution in [1.82, 2.24) is 0 Å². The average molecular weight is 132 g/mol. The molecule has 3 nitrogen and oxygen atoms in total. The van der Waals surface area contributed by atoms with Crippen molar-refractivity contribution in [1.29, 1.82) is 0 Å². The van der Waals surface area contributed by atoms with E-state index in [2.05, 4.69) is 4.74 Å². The van der Waals surface area contributed by atoms with Gasteiger partial charge in [0.1, 0.15) is 0 Å². The van der Waals surface area contributed by atoms with Crippen molar-refractivity contribution in [3.8, 4) is 0 Å². The Bertz CT molecular complexity index is 90.3. The lowest BCUT2D eigenvalue weighted by molar-refractivity contribution is -0.148. The number of ether oxygens (including phenoxy) is 1. The Morgan fingerprint density at radius 2 is 2.33 bits per heavy atom. The maximum atomic E-state index is 10.2. The van der Waals surface area contributed by atoms with Gasteiger partial charge in [-0.15, -0.1) is 0 Å². The number of carboxylic acids is 1. The fraction of sp³-hybridized carbons (Fsp3) is 0.833. The largest absolute Gasteiger partial charge is 0.479 e. The van der Waals surface area contributed by atoms with Gasteiger partial charge in [-0.2, -0.15) is 0 Å². The summed E-state index contributed by atoms with van der Waals surface area (Å²) in [7, 11) is 1.41. The summed E-state index contributed by atoms with van der Waals surface area (Å²) in [5, 5.41) is 8.38. The van der Waals surface area contributed by atoms with Crippen molar-refractivity contribution < 1.29 is 14.6 Å². The number of methoxy groups -OCH3 is 1. The van der Waals surface area contributed by atoms with Crippen LogP contribution in [0.5, 0.6) is 0 Å². The standard InChI is InChI=1S/C6H12O3/c1-3-4-5(9-2)6(7)8/h5H,3-4H2,1-2H3,(H,7,8)/t5-/m1/s1. The third kappa shape index (κ3) is 3.08. The molecule has 1 atom stereocenters. The second kappa shape index (κ2) is 4.32. The molecule has 54 valence electrons. The molecule has 0 aromatic rings. The van der Waals surface area contributed by atoms with Gasteiger partial charge in [0.15, 0.2) is 6.10 Å². The number of aliphatic carboxylic acids is 1. The van der Waals surface area contributed by atoms with Gasteiger partial charge >= 0.3 is 5.97 Å². The van der Waals surface area contributed by atoms with Gasteiger partial charge in [0, 0.05) is 7.11 Å². The number of carbonyl (C=O) groups is 1. The van der Waals surface area contributed by atoms with E-state index in [4.69, 9.17) is 5.11 Å². The van der Waals surface area contributed by atoms with E-state index in [1.807, 2.05) is 6.92 Å². The zero-order valence-corrected chi connectivity index (χ0v) is 5.76. The van der Waals surface area contributed by atoms with E-state index in [-0.39, 0.29) is 0 Å². The molecule has 0 aromatic carbocycles. The maximum absolute atomic E-state index is 10.2. The zero-order valence-electron chi connectivity index (χ0n) is 5.76. The van der Waals surface area contributed by atoms with Gasteiger partial charge in [-0.25, -0.2) is 4.79 Å². The van der Waals surface area contributed by atoms with E-state index in [1.54, 1.807) is 0 Å². The molecular weight excluding hydrogens is 120 g/mol. The van der Waals surface area contributed by atoms with Gasteiger partial charge in [-0.3, -0.25) is 0 Å². The molecule has 3 heteroatoms. The van der Waals surface area contributed by atoms with Gasteiger partial charge in [0.2, 0.25) is 0 Å². The highest BCUT2D eigenvalue weighted by Crippen LogP contribution is 1.99. The number of hydrogen-bond donors (Lipinski definition) is 1. The van der Waals surface area contributed by atoms with Crippen LogP contribution in [0.15, 0.2) is 0 Å². The van der Waals surface area contributed by atoms with Crippen LogP contribution in [0.3, 0.4) is 0 Å². The molecule has 0 aromatic heterocycles. The van der Waals surface area contributed by atoms with Crippen LogP contribution >= 0.6 is 0 Å². The first-order chi connectivity index (χ1) is 4.22. The predicted octanol–water partition coefficient (Wildman–Crippen LogP) is 0.886. The topological polar surface area (TPSA) is 46.5 Å². The molecule has 0 heterocycles. The number of rotatable bonds is 4. The van der Waals surface area contributed by atoms with Crippen LogP contribution in [0, 0.1) is 0 Å². The maximum Gasteiger partial charge on any atom is 0.332 e. The summed E-state index contributed by atoms with van der Waals surface area (Å²) in [6.07, 6.45) is 0.811. The van der Waals surface area contributed by atoms with Crippen molar-refractivity contribution in [2.75, 3.05) is 7.11 Å². The lowest BCUT2D eigenvalue weighted by Gasteiger charge is -2.06. The molecule has 0 unspecified atom stereocenters. The molecule has 0 saturated heterocycles. The molecule has 0 amide bonds. The summed E-state index contributed by atoms with van der Waals surface area (Å²) in [6.45, 7) is 1.93. The van der Waals surface area contributed by atoms with Gasteiger partial charge in [-0.1, -0.05) is 13.3 Å². The molecule has 0 fully saturated rings. The Morgan fingerprint density at radius 1 is 1.78 bits per heavy atom. The Labute approximate surface area is 54.6 Å². The van der Waals surface area contributed by atoms with Gasteiger partial charge in [0.05, 0.1) is 0 Å². The molecule has 9 heavy (non-hydrogen) atoms. The lowest BCUT2D eigenvalue weighted by Crippen LogP contribution is -2.21. The second-order valence-corrected chi connectivity index (χ2v) is 1.85. The summed E-state index contributed by atoms with van der Waals surface area (Å²) in [4.78, 5) is 10.2. The fourth-order valence-corrected chi connectivity index (χ4v) is 0.604. The summed E-state index contributed by atoms with van der Waals surface area (Å²) < 4.78 is 4.65. The van der Waals surface area contributed by atoms with Crippen molar-refractivity contribution >= 4 is 5.97 Å². The predicted molar refractivity (Wildman–Crippen MR) is 33.3 cm³/mol. The minimum Gasteiger partial charge on any atom is -0.479 e. The summed E-state index contributed by atoms with van der Waals surface area (Å²) in [6, 6.07) is 0. The first-order valence-corrected chi connectivity index (χ1v) is 2.98. The highest BCUT2D eigenvalue weighted by Gasteiger charge is 2.13. The van der Waals surface area contributed by atoms with Gasteiger partial charge in [0.25, 0.3) is 0 Å². The third-order valence-corrected chi connectivity index (χ3v) is 1.11. The molecule has 0 aliphatic rings. The minimum absolute atomic E-state index is 0.589. The van der Waals surface area contributed by atoms with Crippen molar-refractivity contribution in [3.05, 3.63) is 0 Å². The summed E-state index contributed by atoms with van der Waals surface area (Å²) in [5.41, 5.74) is 0. The Balaban J connectivity index is 3.54. The normalized spacial score (nSPS) is 13.1. The molecule has 1 N–H and O–H groups in total. The lowest BCUT2D eigenvalue weighted by atomic mass is 10.2. The molecule has 0 radical (unpaired) electrons. The van der Waals surface area contributed by atoms with E-state index in [0.29, 0.717) is 6.42 Å². The van der Waals surface area contributed by atoms with Crippen LogP contribution in [-0.2, 0) is 9.53 Å². The van der Waals surface area contributed by atoms with Gasteiger partial charge in [-0.05, 0) is 6.42 Å². The number of carboxylic acid groups (broad SMARTS) is 1. The molecular formula is C6H12O3. The van der Waals surface area contributed by atoms with Gasteiger partial charge < -0.3 is 9.84 Å². The Kier molecular flexibility index (Phi) is 4.05. The third-order valence-electron chi connectivity index (χ3n) is 1.11. The van der Waals surface area contributed by atoms with Crippen molar-refractivity contribution in [3.63, 3.8) is 0 Å². The highest BCUT2D eigenvalue weighted by atomic mass is 16.5. The molecule has 0 saturated carbocycles. The number of hydrogen-bond acceptors (Lipinski definition) is 2. The van der Waals surface area contributed by atoms with Crippen LogP contribution in [0.4, 0.5) is 0 Å². The summed E-state index contributed by atoms with van der Waals surface area (Å²) >= 11 is 0.